The maximum Gasteiger partial charge on any atom is 0.346 e. The summed E-state index contributed by atoms with van der Waals surface area (Å²) in [5.74, 6) is 0.397. The lowest BCUT2D eigenvalue weighted by Crippen LogP contribution is -2.49. The van der Waals surface area contributed by atoms with Crippen molar-refractivity contribution in [1.82, 2.24) is 10.3 Å². The van der Waals surface area contributed by atoms with E-state index in [0.29, 0.717) is 18.8 Å². The normalized spacial score (nSPS) is 29.4. The zero-order valence-electron chi connectivity index (χ0n) is 12.1. The van der Waals surface area contributed by atoms with Crippen LogP contribution in [0.3, 0.4) is 0 Å². The van der Waals surface area contributed by atoms with Crippen LogP contribution in [0.1, 0.15) is 38.2 Å². The summed E-state index contributed by atoms with van der Waals surface area (Å²) < 4.78 is 0. The number of nitrogens with one attached hydrogen (secondary N) is 1. The summed E-state index contributed by atoms with van der Waals surface area (Å²) in [6, 6.07) is 9.01. The van der Waals surface area contributed by atoms with Crippen LogP contribution in [0.2, 0.25) is 0 Å². The number of benzene rings is 1. The first-order valence-corrected chi connectivity index (χ1v) is 7.36. The van der Waals surface area contributed by atoms with Gasteiger partial charge >= 0.3 is 6.03 Å². The summed E-state index contributed by atoms with van der Waals surface area (Å²) in [5.41, 5.74) is 0.133. The number of nitrogens with zero attached hydrogens (tertiary/aromatic N) is 2. The molecule has 0 radical (unpaired) electrons. The molecule has 1 saturated heterocycles. The largest absolute Gasteiger partial charge is 0.346 e. The fraction of sp³-hybridized carbons (Fsp3) is 0.438. The van der Waals surface area contributed by atoms with Gasteiger partial charge in [-0.3, -0.25) is 4.79 Å². The molecule has 1 aromatic carbocycles. The maximum absolute atomic E-state index is 12.5. The molecule has 1 aliphatic carbocycles. The van der Waals surface area contributed by atoms with Crippen molar-refractivity contribution in [1.29, 1.82) is 0 Å². The highest BCUT2D eigenvalue weighted by atomic mass is 16.2. The standard InChI is InChI=1S/C16H19N3O2/c1-12-7-9-16(10-8-12)14(20)19(15(21)18-16)17-11-13-5-3-2-4-6-13/h2-6,11-12H,7-10H2,1H3,(H,18,21). The van der Waals surface area contributed by atoms with E-state index in [1.165, 1.54) is 0 Å². The molecule has 0 aromatic heterocycles. The molecule has 0 atom stereocenters. The molecule has 1 aliphatic heterocycles. The Labute approximate surface area is 124 Å². The second-order valence-electron chi connectivity index (χ2n) is 5.97. The van der Waals surface area contributed by atoms with Gasteiger partial charge in [-0.15, -0.1) is 5.01 Å². The van der Waals surface area contributed by atoms with Crippen molar-refractivity contribution < 1.29 is 9.59 Å². The van der Waals surface area contributed by atoms with Gasteiger partial charge in [0, 0.05) is 0 Å². The van der Waals surface area contributed by atoms with Gasteiger partial charge in [-0.05, 0) is 37.2 Å². The van der Waals surface area contributed by atoms with Crippen molar-refractivity contribution in [3.8, 4) is 0 Å². The third kappa shape index (κ3) is 2.55. The Morgan fingerprint density at radius 1 is 1.24 bits per heavy atom. The third-order valence-electron chi connectivity index (χ3n) is 4.39. The Kier molecular flexibility index (Phi) is 3.49. The minimum Gasteiger partial charge on any atom is -0.321 e. The first-order valence-electron chi connectivity index (χ1n) is 7.36. The number of rotatable bonds is 2. The smallest absolute Gasteiger partial charge is 0.321 e. The molecule has 1 aromatic rings. The summed E-state index contributed by atoms with van der Waals surface area (Å²) in [4.78, 5) is 24.6. The van der Waals surface area contributed by atoms with Crippen molar-refractivity contribution in [3.05, 3.63) is 35.9 Å². The van der Waals surface area contributed by atoms with E-state index in [4.69, 9.17) is 0 Å². The first kappa shape index (κ1) is 13.8. The summed E-state index contributed by atoms with van der Waals surface area (Å²) in [6.45, 7) is 2.18. The average Bonchev–Trinajstić information content (AvgIpc) is 2.73. The molecule has 1 heterocycles. The second-order valence-corrected chi connectivity index (χ2v) is 5.97. The molecule has 5 nitrogen and oxygen atoms in total. The SMILES string of the molecule is CC1CCC2(CC1)NC(=O)N(N=Cc1ccccc1)C2=O. The van der Waals surface area contributed by atoms with Gasteiger partial charge in [0.05, 0.1) is 6.21 Å². The molecule has 1 N–H and O–H groups in total. The van der Waals surface area contributed by atoms with Crippen molar-refractivity contribution in [2.45, 2.75) is 38.1 Å². The van der Waals surface area contributed by atoms with Crippen LogP contribution < -0.4 is 5.32 Å². The van der Waals surface area contributed by atoms with Crippen LogP contribution in [-0.4, -0.2) is 28.7 Å². The van der Waals surface area contributed by atoms with Gasteiger partial charge in [0.1, 0.15) is 5.54 Å². The molecule has 2 fully saturated rings. The average molecular weight is 285 g/mol. The van der Waals surface area contributed by atoms with Gasteiger partial charge in [-0.1, -0.05) is 37.3 Å². The monoisotopic (exact) mass is 285 g/mol. The Hall–Kier alpha value is -2.17. The molecule has 1 spiro atoms. The predicted molar refractivity (Wildman–Crippen MR) is 79.8 cm³/mol. The van der Waals surface area contributed by atoms with E-state index in [2.05, 4.69) is 17.3 Å². The van der Waals surface area contributed by atoms with Crippen LogP contribution in [-0.2, 0) is 4.79 Å². The number of hydrazone groups is 1. The number of carbonyl (C=O) groups excluding carboxylic acids is 2. The van der Waals surface area contributed by atoms with Crippen LogP contribution in [0.15, 0.2) is 35.4 Å². The molecule has 21 heavy (non-hydrogen) atoms. The van der Waals surface area contributed by atoms with E-state index in [1.54, 1.807) is 6.21 Å². The summed E-state index contributed by atoms with van der Waals surface area (Å²) in [6.07, 6.45) is 4.87. The molecule has 0 unspecified atom stereocenters. The first-order chi connectivity index (χ1) is 10.1. The number of hydrogen-bond acceptors (Lipinski definition) is 3. The van der Waals surface area contributed by atoms with Gasteiger partial charge in [0.25, 0.3) is 5.91 Å². The third-order valence-corrected chi connectivity index (χ3v) is 4.39. The maximum atomic E-state index is 12.5. The molecule has 0 bridgehead atoms. The van der Waals surface area contributed by atoms with E-state index in [-0.39, 0.29) is 5.91 Å². The lowest BCUT2D eigenvalue weighted by Gasteiger charge is -2.33. The van der Waals surface area contributed by atoms with E-state index < -0.39 is 11.6 Å². The van der Waals surface area contributed by atoms with Gasteiger partial charge in [0.2, 0.25) is 0 Å². The van der Waals surface area contributed by atoms with Crippen LogP contribution in [0.5, 0.6) is 0 Å². The lowest BCUT2D eigenvalue weighted by atomic mass is 9.77. The zero-order chi connectivity index (χ0) is 14.9. The highest BCUT2D eigenvalue weighted by Crippen LogP contribution is 2.36. The predicted octanol–water partition coefficient (Wildman–Crippen LogP) is 2.52. The van der Waals surface area contributed by atoms with Crippen LogP contribution in [0.4, 0.5) is 4.79 Å². The Morgan fingerprint density at radius 2 is 1.90 bits per heavy atom. The number of hydrogen-bond donors (Lipinski definition) is 1. The lowest BCUT2D eigenvalue weighted by molar-refractivity contribution is -0.132. The number of amides is 3. The van der Waals surface area contributed by atoms with Crippen molar-refractivity contribution in [2.75, 3.05) is 0 Å². The summed E-state index contributed by atoms with van der Waals surface area (Å²) in [5, 5.41) is 7.90. The Morgan fingerprint density at radius 3 is 2.57 bits per heavy atom. The van der Waals surface area contributed by atoms with Crippen molar-refractivity contribution >= 4 is 18.2 Å². The van der Waals surface area contributed by atoms with Crippen LogP contribution in [0.25, 0.3) is 0 Å². The van der Waals surface area contributed by atoms with Gasteiger partial charge in [0.15, 0.2) is 0 Å². The minimum atomic E-state index is -0.725. The highest BCUT2D eigenvalue weighted by molar-refractivity contribution is 6.07. The molecule has 3 amide bonds. The van der Waals surface area contributed by atoms with E-state index >= 15 is 0 Å². The molecule has 2 aliphatic rings. The molecular weight excluding hydrogens is 266 g/mol. The number of imide groups is 1. The number of urea groups is 1. The second kappa shape index (κ2) is 5.31. The van der Waals surface area contributed by atoms with E-state index in [0.717, 1.165) is 23.4 Å². The van der Waals surface area contributed by atoms with Gasteiger partial charge in [-0.25, -0.2) is 4.79 Å². The molecular formula is C16H19N3O2. The topological polar surface area (TPSA) is 61.8 Å². The quantitative estimate of drug-likeness (QED) is 0.670. The van der Waals surface area contributed by atoms with Gasteiger partial charge in [-0.2, -0.15) is 5.10 Å². The van der Waals surface area contributed by atoms with Crippen molar-refractivity contribution in [3.63, 3.8) is 0 Å². The fourth-order valence-electron chi connectivity index (χ4n) is 2.97. The summed E-state index contributed by atoms with van der Waals surface area (Å²) in [7, 11) is 0. The molecule has 1 saturated carbocycles. The summed E-state index contributed by atoms with van der Waals surface area (Å²) >= 11 is 0. The number of carbonyl (C=O) groups is 2. The molecule has 3 rings (SSSR count). The zero-order valence-corrected chi connectivity index (χ0v) is 12.1. The van der Waals surface area contributed by atoms with Gasteiger partial charge < -0.3 is 5.32 Å². The van der Waals surface area contributed by atoms with Crippen LogP contribution >= 0.6 is 0 Å². The van der Waals surface area contributed by atoms with E-state index in [9.17, 15) is 9.59 Å². The molecule has 5 heteroatoms. The Balaban J connectivity index is 1.77. The van der Waals surface area contributed by atoms with E-state index in [1.807, 2.05) is 30.3 Å². The minimum absolute atomic E-state index is 0.216. The van der Waals surface area contributed by atoms with Crippen molar-refractivity contribution in [2.24, 2.45) is 11.0 Å². The fourth-order valence-corrected chi connectivity index (χ4v) is 2.97. The Bertz CT molecular complexity index is 574. The molecule has 110 valence electrons. The highest BCUT2D eigenvalue weighted by Gasteiger charge is 2.52. The van der Waals surface area contributed by atoms with Crippen LogP contribution in [0, 0.1) is 5.92 Å².